The molecule has 4 nitrogen and oxygen atoms in total. The summed E-state index contributed by atoms with van der Waals surface area (Å²) in [5.74, 6) is -1.73. The van der Waals surface area contributed by atoms with Crippen LogP contribution >= 0.6 is 11.6 Å². The average molecular weight is 303 g/mol. The zero-order valence-electron chi connectivity index (χ0n) is 11.3. The van der Waals surface area contributed by atoms with E-state index in [1.807, 2.05) is 0 Å². The lowest BCUT2D eigenvalue weighted by Gasteiger charge is -2.20. The van der Waals surface area contributed by atoms with Crippen LogP contribution < -0.4 is 9.47 Å². The molecule has 0 spiro atoms. The van der Waals surface area contributed by atoms with Crippen molar-refractivity contribution in [1.29, 1.82) is 0 Å². The van der Waals surface area contributed by atoms with Crippen LogP contribution in [0.25, 0.3) is 0 Å². The van der Waals surface area contributed by atoms with E-state index >= 15 is 0 Å². The van der Waals surface area contributed by atoms with Crippen molar-refractivity contribution in [2.24, 2.45) is 5.92 Å². The molecule has 1 atom stereocenters. The molecule has 1 aromatic carbocycles. The second-order valence-corrected chi connectivity index (χ2v) is 5.28. The quantitative estimate of drug-likeness (QED) is 0.874. The predicted octanol–water partition coefficient (Wildman–Crippen LogP) is 3.46. The summed E-state index contributed by atoms with van der Waals surface area (Å²) in [6.07, 6.45) is 1.81. The Morgan fingerprint density at radius 2 is 2.05 bits per heavy atom. The van der Waals surface area contributed by atoms with Gasteiger partial charge in [0.25, 0.3) is 0 Å². The van der Waals surface area contributed by atoms with E-state index in [0.29, 0.717) is 5.56 Å². The summed E-state index contributed by atoms with van der Waals surface area (Å²) in [5.41, 5.74) is 0.501. The van der Waals surface area contributed by atoms with Crippen molar-refractivity contribution < 1.29 is 23.8 Å². The molecule has 2 rings (SSSR count). The Labute approximate surface area is 121 Å². The molecule has 1 saturated carbocycles. The number of methoxy groups -OCH3 is 2. The molecule has 0 bridgehead atoms. The first-order valence-electron chi connectivity index (χ1n) is 6.31. The minimum atomic E-state index is -0.920. The summed E-state index contributed by atoms with van der Waals surface area (Å²) in [6.45, 7) is 0. The van der Waals surface area contributed by atoms with Crippen molar-refractivity contribution in [3.05, 3.63) is 22.5 Å². The van der Waals surface area contributed by atoms with E-state index in [-0.39, 0.29) is 34.8 Å². The summed E-state index contributed by atoms with van der Waals surface area (Å²) in [4.78, 5) is 11.0. The summed E-state index contributed by atoms with van der Waals surface area (Å²) in [6, 6.07) is 1.55. The zero-order valence-corrected chi connectivity index (χ0v) is 12.0. The molecule has 1 aliphatic rings. The summed E-state index contributed by atoms with van der Waals surface area (Å²) >= 11 is 6.00. The first-order chi connectivity index (χ1) is 9.49. The Bertz CT molecular complexity index is 528. The Balaban J connectivity index is 2.50. The summed E-state index contributed by atoms with van der Waals surface area (Å²) < 4.78 is 24.3. The first-order valence-corrected chi connectivity index (χ1v) is 6.69. The molecule has 0 radical (unpaired) electrons. The van der Waals surface area contributed by atoms with Crippen molar-refractivity contribution in [1.82, 2.24) is 0 Å². The molecule has 0 heterocycles. The van der Waals surface area contributed by atoms with Gasteiger partial charge in [0.1, 0.15) is 0 Å². The molecular formula is C14H16ClFO4. The molecule has 0 aliphatic heterocycles. The fourth-order valence-electron chi connectivity index (χ4n) is 2.49. The molecule has 0 saturated heterocycles. The fourth-order valence-corrected chi connectivity index (χ4v) is 2.77. The van der Waals surface area contributed by atoms with Gasteiger partial charge in [-0.1, -0.05) is 11.6 Å². The Morgan fingerprint density at radius 1 is 1.45 bits per heavy atom. The number of hydrogen-bond donors (Lipinski definition) is 1. The highest BCUT2D eigenvalue weighted by atomic mass is 35.5. The lowest BCUT2D eigenvalue weighted by atomic mass is 9.90. The third kappa shape index (κ3) is 2.82. The molecule has 1 aromatic rings. The lowest BCUT2D eigenvalue weighted by Crippen LogP contribution is -2.11. The van der Waals surface area contributed by atoms with Gasteiger partial charge in [-0.15, -0.1) is 0 Å². The van der Waals surface area contributed by atoms with Gasteiger partial charge < -0.3 is 14.6 Å². The second kappa shape index (κ2) is 5.87. The average Bonchev–Trinajstić information content (AvgIpc) is 3.20. The molecule has 20 heavy (non-hydrogen) atoms. The molecule has 110 valence electrons. The first kappa shape index (κ1) is 14.9. The maximum absolute atomic E-state index is 14.3. The van der Waals surface area contributed by atoms with Gasteiger partial charge in [-0.25, -0.2) is 0 Å². The Kier molecular flexibility index (Phi) is 4.38. The third-order valence-electron chi connectivity index (χ3n) is 3.55. The van der Waals surface area contributed by atoms with Crippen molar-refractivity contribution >= 4 is 17.6 Å². The van der Waals surface area contributed by atoms with E-state index in [0.717, 1.165) is 12.8 Å². The molecule has 1 N–H and O–H groups in total. The lowest BCUT2D eigenvalue weighted by molar-refractivity contribution is -0.137. The van der Waals surface area contributed by atoms with Gasteiger partial charge in [0.05, 0.1) is 25.7 Å². The van der Waals surface area contributed by atoms with Crippen molar-refractivity contribution in [2.75, 3.05) is 14.2 Å². The molecule has 1 fully saturated rings. The number of carboxylic acid groups (broad SMARTS) is 1. The zero-order chi connectivity index (χ0) is 14.9. The fraction of sp³-hybridized carbons (Fsp3) is 0.500. The molecule has 0 aromatic heterocycles. The van der Waals surface area contributed by atoms with Crippen LogP contribution in [-0.2, 0) is 4.79 Å². The van der Waals surface area contributed by atoms with Crippen LogP contribution in [0.2, 0.25) is 5.02 Å². The number of halogens is 2. The van der Waals surface area contributed by atoms with E-state index in [4.69, 9.17) is 26.2 Å². The maximum Gasteiger partial charge on any atom is 0.303 e. The van der Waals surface area contributed by atoms with Gasteiger partial charge in [-0.2, -0.15) is 4.39 Å². The van der Waals surface area contributed by atoms with Gasteiger partial charge in [-0.05, 0) is 24.8 Å². The van der Waals surface area contributed by atoms with Crippen LogP contribution in [0.5, 0.6) is 11.5 Å². The van der Waals surface area contributed by atoms with Gasteiger partial charge in [-0.3, -0.25) is 4.79 Å². The molecule has 6 heteroatoms. The largest absolute Gasteiger partial charge is 0.493 e. The van der Waals surface area contributed by atoms with Crippen LogP contribution in [0.3, 0.4) is 0 Å². The minimum Gasteiger partial charge on any atom is -0.493 e. The van der Waals surface area contributed by atoms with E-state index in [9.17, 15) is 9.18 Å². The van der Waals surface area contributed by atoms with Crippen LogP contribution in [0.4, 0.5) is 4.39 Å². The molecule has 1 aliphatic carbocycles. The number of rotatable bonds is 6. The number of carbonyl (C=O) groups is 1. The highest BCUT2D eigenvalue weighted by Crippen LogP contribution is 2.49. The number of aliphatic carboxylic acids is 1. The standard InChI is InChI=1S/C14H16ClFO4/c1-19-13-9(5-10(15)14(20-2)12(13)16)8(6-11(17)18)7-3-4-7/h5,7-8H,3-4,6H2,1-2H3,(H,17,18). The number of benzene rings is 1. The normalized spacial score (nSPS) is 15.8. The van der Waals surface area contributed by atoms with Gasteiger partial charge in [0.15, 0.2) is 11.5 Å². The van der Waals surface area contributed by atoms with E-state index in [2.05, 4.69) is 0 Å². The number of hydrogen-bond acceptors (Lipinski definition) is 3. The molecular weight excluding hydrogens is 287 g/mol. The van der Waals surface area contributed by atoms with E-state index < -0.39 is 11.8 Å². The topological polar surface area (TPSA) is 55.8 Å². The van der Waals surface area contributed by atoms with Crippen LogP contribution in [0, 0.1) is 11.7 Å². The third-order valence-corrected chi connectivity index (χ3v) is 3.83. The SMILES string of the molecule is COc1c(Cl)cc(C(CC(=O)O)C2CC2)c(OC)c1F. The minimum absolute atomic E-state index is 0.0180. The van der Waals surface area contributed by atoms with Gasteiger partial charge in [0.2, 0.25) is 5.82 Å². The van der Waals surface area contributed by atoms with E-state index in [1.54, 1.807) is 6.07 Å². The van der Waals surface area contributed by atoms with Crippen molar-refractivity contribution in [3.8, 4) is 11.5 Å². The number of carboxylic acids is 1. The summed E-state index contributed by atoms with van der Waals surface area (Å²) in [7, 11) is 2.67. The van der Waals surface area contributed by atoms with Crippen molar-refractivity contribution in [2.45, 2.75) is 25.2 Å². The molecule has 1 unspecified atom stereocenters. The summed E-state index contributed by atoms with van der Waals surface area (Å²) in [5, 5.41) is 9.15. The predicted molar refractivity (Wildman–Crippen MR) is 72.2 cm³/mol. The van der Waals surface area contributed by atoms with Crippen LogP contribution in [0.1, 0.15) is 30.7 Å². The monoisotopic (exact) mass is 302 g/mol. The van der Waals surface area contributed by atoms with Gasteiger partial charge >= 0.3 is 5.97 Å². The van der Waals surface area contributed by atoms with Crippen LogP contribution in [0.15, 0.2) is 6.07 Å². The smallest absolute Gasteiger partial charge is 0.303 e. The highest BCUT2D eigenvalue weighted by Gasteiger charge is 2.37. The number of ether oxygens (including phenoxy) is 2. The Hall–Kier alpha value is -1.49. The van der Waals surface area contributed by atoms with Crippen LogP contribution in [-0.4, -0.2) is 25.3 Å². The van der Waals surface area contributed by atoms with E-state index in [1.165, 1.54) is 14.2 Å². The maximum atomic E-state index is 14.3. The van der Waals surface area contributed by atoms with Crippen molar-refractivity contribution in [3.63, 3.8) is 0 Å². The van der Waals surface area contributed by atoms with Gasteiger partial charge in [0, 0.05) is 11.5 Å². The highest BCUT2D eigenvalue weighted by molar-refractivity contribution is 6.32. The second-order valence-electron chi connectivity index (χ2n) is 4.87. The molecule has 0 amide bonds. The Morgan fingerprint density at radius 3 is 2.50 bits per heavy atom.